The van der Waals surface area contributed by atoms with Gasteiger partial charge in [-0.25, -0.2) is 9.97 Å². The number of thioether (sulfide) groups is 1. The van der Waals surface area contributed by atoms with Gasteiger partial charge in [0.1, 0.15) is 17.0 Å². The lowest BCUT2D eigenvalue weighted by Gasteiger charge is -2.35. The Bertz CT molecular complexity index is 471. The highest BCUT2D eigenvalue weighted by atomic mass is 35.5. The lowest BCUT2D eigenvalue weighted by Crippen LogP contribution is -2.49. The maximum atomic E-state index is 12.0. The number of hydrogen-bond acceptors (Lipinski definition) is 5. The number of hydrogen-bond donors (Lipinski definition) is 1. The molecule has 0 saturated carbocycles. The Hall–Kier alpha value is -1.01. The van der Waals surface area contributed by atoms with Gasteiger partial charge in [-0.1, -0.05) is 23.4 Å². The SMILES string of the molecule is CNC(=O)C1CCCCN1c1cc(Cl)nc(SC)n1. The Morgan fingerprint density at radius 1 is 1.53 bits per heavy atom. The van der Waals surface area contributed by atoms with Crippen molar-refractivity contribution in [3.05, 3.63) is 11.2 Å². The summed E-state index contributed by atoms with van der Waals surface area (Å²) in [5.41, 5.74) is 0. The van der Waals surface area contributed by atoms with Gasteiger partial charge in [-0.3, -0.25) is 4.79 Å². The maximum Gasteiger partial charge on any atom is 0.242 e. The van der Waals surface area contributed by atoms with E-state index >= 15 is 0 Å². The number of halogens is 1. The van der Waals surface area contributed by atoms with Crippen molar-refractivity contribution in [2.45, 2.75) is 30.5 Å². The number of likely N-dealkylation sites (N-methyl/N-ethyl adjacent to an activating group) is 1. The topological polar surface area (TPSA) is 58.1 Å². The Morgan fingerprint density at radius 2 is 2.32 bits per heavy atom. The number of aromatic nitrogens is 2. The molecule has 0 aromatic carbocycles. The Kier molecular flexibility index (Phi) is 4.87. The predicted molar refractivity (Wildman–Crippen MR) is 77.9 cm³/mol. The number of carbonyl (C=O) groups is 1. The van der Waals surface area contributed by atoms with Gasteiger partial charge in [0.05, 0.1) is 0 Å². The zero-order valence-electron chi connectivity index (χ0n) is 11.0. The van der Waals surface area contributed by atoms with Gasteiger partial charge in [-0.2, -0.15) is 0 Å². The van der Waals surface area contributed by atoms with Crippen LogP contribution in [0.1, 0.15) is 19.3 Å². The summed E-state index contributed by atoms with van der Waals surface area (Å²) in [5.74, 6) is 0.762. The summed E-state index contributed by atoms with van der Waals surface area (Å²) in [6, 6.07) is 1.56. The van der Waals surface area contributed by atoms with E-state index in [1.165, 1.54) is 11.8 Å². The van der Waals surface area contributed by atoms with Gasteiger partial charge in [0, 0.05) is 19.7 Å². The molecule has 104 valence electrons. The minimum Gasteiger partial charge on any atom is -0.357 e. The second kappa shape index (κ2) is 6.43. The minimum atomic E-state index is -0.167. The minimum absolute atomic E-state index is 0.0279. The zero-order valence-corrected chi connectivity index (χ0v) is 12.6. The molecule has 2 rings (SSSR count). The number of anilines is 1. The quantitative estimate of drug-likeness (QED) is 0.525. The van der Waals surface area contributed by atoms with Crippen LogP contribution in [0, 0.1) is 0 Å². The second-order valence-electron chi connectivity index (χ2n) is 4.35. The van der Waals surface area contributed by atoms with Crippen LogP contribution in [0.5, 0.6) is 0 Å². The molecular formula is C12H17ClN4OS. The third kappa shape index (κ3) is 3.30. The average molecular weight is 301 g/mol. The Labute approximate surface area is 122 Å². The monoisotopic (exact) mass is 300 g/mol. The molecule has 1 aromatic rings. The Morgan fingerprint density at radius 3 is 3.00 bits per heavy atom. The molecule has 1 saturated heterocycles. The molecular weight excluding hydrogens is 284 g/mol. The first-order valence-corrected chi connectivity index (χ1v) is 7.82. The molecule has 1 fully saturated rings. The third-order valence-electron chi connectivity index (χ3n) is 3.19. The van der Waals surface area contributed by atoms with Crippen molar-refractivity contribution in [3.63, 3.8) is 0 Å². The molecule has 1 aliphatic rings. The van der Waals surface area contributed by atoms with E-state index in [9.17, 15) is 4.79 Å². The van der Waals surface area contributed by atoms with E-state index in [-0.39, 0.29) is 11.9 Å². The molecule has 5 nitrogen and oxygen atoms in total. The molecule has 1 unspecified atom stereocenters. The van der Waals surface area contributed by atoms with Gasteiger partial charge in [0.15, 0.2) is 5.16 Å². The largest absolute Gasteiger partial charge is 0.357 e. The van der Waals surface area contributed by atoms with Gasteiger partial charge >= 0.3 is 0 Å². The number of nitrogens with zero attached hydrogens (tertiary/aromatic N) is 3. The van der Waals surface area contributed by atoms with Crippen LogP contribution in [0.3, 0.4) is 0 Å². The van der Waals surface area contributed by atoms with E-state index in [4.69, 9.17) is 11.6 Å². The lowest BCUT2D eigenvalue weighted by molar-refractivity contribution is -0.122. The number of amides is 1. The molecule has 1 N–H and O–H groups in total. The first-order chi connectivity index (χ1) is 9.15. The van der Waals surface area contributed by atoms with Crippen LogP contribution in [-0.4, -0.2) is 41.8 Å². The van der Waals surface area contributed by atoms with E-state index in [0.717, 1.165) is 31.6 Å². The first-order valence-electron chi connectivity index (χ1n) is 6.22. The molecule has 0 aliphatic carbocycles. The van der Waals surface area contributed by atoms with Crippen LogP contribution in [0.2, 0.25) is 5.15 Å². The van der Waals surface area contributed by atoms with Crippen LogP contribution in [0.25, 0.3) is 0 Å². The van der Waals surface area contributed by atoms with E-state index < -0.39 is 0 Å². The van der Waals surface area contributed by atoms with Crippen molar-refractivity contribution in [1.29, 1.82) is 0 Å². The summed E-state index contributed by atoms with van der Waals surface area (Å²) >= 11 is 7.46. The molecule has 19 heavy (non-hydrogen) atoms. The standard InChI is InChI=1S/C12H17ClN4OS/c1-14-11(18)8-5-3-4-6-17(8)10-7-9(13)15-12(16-10)19-2/h7-8H,3-6H2,1-2H3,(H,14,18). The summed E-state index contributed by atoms with van der Waals surface area (Å²) in [6.07, 6.45) is 4.87. The van der Waals surface area contributed by atoms with Crippen LogP contribution in [0.4, 0.5) is 5.82 Å². The third-order valence-corrected chi connectivity index (χ3v) is 3.93. The van der Waals surface area contributed by atoms with E-state index in [1.54, 1.807) is 13.1 Å². The van der Waals surface area contributed by atoms with Crippen LogP contribution in [-0.2, 0) is 4.79 Å². The highest BCUT2D eigenvalue weighted by Crippen LogP contribution is 2.26. The number of nitrogens with one attached hydrogen (secondary N) is 1. The molecule has 1 aromatic heterocycles. The van der Waals surface area contributed by atoms with Gasteiger partial charge in [0.25, 0.3) is 0 Å². The average Bonchev–Trinajstić information content (AvgIpc) is 2.45. The van der Waals surface area contributed by atoms with E-state index in [0.29, 0.717) is 10.3 Å². The lowest BCUT2D eigenvalue weighted by atomic mass is 10.0. The summed E-state index contributed by atoms with van der Waals surface area (Å²) in [6.45, 7) is 0.819. The molecule has 0 radical (unpaired) electrons. The maximum absolute atomic E-state index is 12.0. The van der Waals surface area contributed by atoms with Crippen molar-refractivity contribution in [2.75, 3.05) is 24.7 Å². The summed E-state index contributed by atoms with van der Waals surface area (Å²) in [5, 5.41) is 3.76. The molecule has 1 atom stereocenters. The van der Waals surface area contributed by atoms with Crippen LogP contribution in [0.15, 0.2) is 11.2 Å². The summed E-state index contributed by atoms with van der Waals surface area (Å²) < 4.78 is 0. The molecule has 1 amide bonds. The van der Waals surface area contributed by atoms with Crippen molar-refractivity contribution in [3.8, 4) is 0 Å². The van der Waals surface area contributed by atoms with Crippen molar-refractivity contribution < 1.29 is 4.79 Å². The fourth-order valence-electron chi connectivity index (χ4n) is 2.27. The highest BCUT2D eigenvalue weighted by Gasteiger charge is 2.29. The molecule has 0 spiro atoms. The zero-order chi connectivity index (χ0) is 13.8. The van der Waals surface area contributed by atoms with E-state index in [1.807, 2.05) is 11.2 Å². The molecule has 7 heteroatoms. The van der Waals surface area contributed by atoms with Crippen LogP contribution >= 0.6 is 23.4 Å². The number of piperidine rings is 1. The molecule has 0 bridgehead atoms. The summed E-state index contributed by atoms with van der Waals surface area (Å²) in [7, 11) is 1.66. The van der Waals surface area contributed by atoms with Gasteiger partial charge in [-0.05, 0) is 25.5 Å². The fraction of sp³-hybridized carbons (Fsp3) is 0.583. The second-order valence-corrected chi connectivity index (χ2v) is 5.52. The fourth-order valence-corrected chi connectivity index (χ4v) is 2.87. The van der Waals surface area contributed by atoms with Crippen molar-refractivity contribution in [2.24, 2.45) is 0 Å². The van der Waals surface area contributed by atoms with E-state index in [2.05, 4.69) is 15.3 Å². The van der Waals surface area contributed by atoms with Gasteiger partial charge < -0.3 is 10.2 Å². The predicted octanol–water partition coefficient (Wildman–Crippen LogP) is 1.96. The number of carbonyl (C=O) groups excluding carboxylic acids is 1. The van der Waals surface area contributed by atoms with Crippen molar-refractivity contribution >= 4 is 35.1 Å². The highest BCUT2D eigenvalue weighted by molar-refractivity contribution is 7.98. The number of rotatable bonds is 3. The Balaban J connectivity index is 2.31. The van der Waals surface area contributed by atoms with Crippen LogP contribution < -0.4 is 10.2 Å². The first kappa shape index (κ1) is 14.4. The molecule has 1 aliphatic heterocycles. The molecule has 2 heterocycles. The normalized spacial score (nSPS) is 19.3. The summed E-state index contributed by atoms with van der Waals surface area (Å²) in [4.78, 5) is 22.6. The van der Waals surface area contributed by atoms with Gasteiger partial charge in [0.2, 0.25) is 5.91 Å². The van der Waals surface area contributed by atoms with Crippen molar-refractivity contribution in [1.82, 2.24) is 15.3 Å². The smallest absolute Gasteiger partial charge is 0.242 e. The van der Waals surface area contributed by atoms with Gasteiger partial charge in [-0.15, -0.1) is 0 Å².